The van der Waals surface area contributed by atoms with Crippen molar-refractivity contribution in [3.63, 3.8) is 0 Å². The molecule has 0 radical (unpaired) electrons. The van der Waals surface area contributed by atoms with Gasteiger partial charge >= 0.3 is 0 Å². The van der Waals surface area contributed by atoms with Gasteiger partial charge in [-0.2, -0.15) is 0 Å². The van der Waals surface area contributed by atoms with Crippen LogP contribution in [0.15, 0.2) is 103 Å². The standard InChI is InChI=1S/C33H35N/c1-5-33(6-2,34-31-15-11-8-12-16-31)30-19-17-27(18-20-30)24-32(28-13-9-7-10-14-28)29-22-25(3)21-26(4)23-29/h7-24,34H,5-6H2,1-4H3. The average molecular weight is 446 g/mol. The Morgan fingerprint density at radius 1 is 0.676 bits per heavy atom. The zero-order chi connectivity index (χ0) is 24.0. The van der Waals surface area contributed by atoms with Gasteiger partial charge in [-0.15, -0.1) is 0 Å². The quantitative estimate of drug-likeness (QED) is 0.267. The number of rotatable bonds is 8. The van der Waals surface area contributed by atoms with Crippen LogP contribution >= 0.6 is 0 Å². The molecule has 4 aromatic rings. The smallest absolute Gasteiger partial charge is 0.0620 e. The van der Waals surface area contributed by atoms with Gasteiger partial charge in [-0.25, -0.2) is 0 Å². The molecule has 0 aromatic heterocycles. The fourth-order valence-electron chi connectivity index (χ4n) is 4.85. The monoisotopic (exact) mass is 445 g/mol. The highest BCUT2D eigenvalue weighted by atomic mass is 15.0. The lowest BCUT2D eigenvalue weighted by Crippen LogP contribution is -2.34. The molecule has 0 bridgehead atoms. The second-order valence-corrected chi connectivity index (χ2v) is 9.20. The topological polar surface area (TPSA) is 12.0 Å². The molecule has 1 N–H and O–H groups in total. The summed E-state index contributed by atoms with van der Waals surface area (Å²) in [5.41, 5.74) is 9.93. The van der Waals surface area contributed by atoms with Gasteiger partial charge in [0.1, 0.15) is 0 Å². The van der Waals surface area contributed by atoms with Gasteiger partial charge < -0.3 is 5.32 Å². The van der Waals surface area contributed by atoms with Gasteiger partial charge in [0.25, 0.3) is 0 Å². The van der Waals surface area contributed by atoms with Crippen molar-refractivity contribution >= 4 is 17.3 Å². The van der Waals surface area contributed by atoms with Gasteiger partial charge in [0.05, 0.1) is 5.54 Å². The fraction of sp³-hybridized carbons (Fsp3) is 0.212. The number of anilines is 1. The van der Waals surface area contributed by atoms with E-state index in [4.69, 9.17) is 0 Å². The van der Waals surface area contributed by atoms with Crippen molar-refractivity contribution in [2.45, 2.75) is 46.1 Å². The second-order valence-electron chi connectivity index (χ2n) is 9.20. The minimum Gasteiger partial charge on any atom is -0.376 e. The molecular weight excluding hydrogens is 410 g/mol. The SMILES string of the molecule is CCC(CC)(Nc1ccccc1)c1ccc(C=C(c2ccccc2)c2cc(C)cc(C)c2)cc1. The molecule has 0 heterocycles. The molecule has 0 atom stereocenters. The lowest BCUT2D eigenvalue weighted by Gasteiger charge is -2.35. The molecule has 4 aromatic carbocycles. The van der Waals surface area contributed by atoms with Crippen molar-refractivity contribution in [1.29, 1.82) is 0 Å². The highest BCUT2D eigenvalue weighted by Crippen LogP contribution is 2.34. The first-order valence-electron chi connectivity index (χ1n) is 12.3. The van der Waals surface area contributed by atoms with Crippen LogP contribution in [0.2, 0.25) is 0 Å². The zero-order valence-electron chi connectivity index (χ0n) is 20.8. The predicted molar refractivity (Wildman–Crippen MR) is 148 cm³/mol. The van der Waals surface area contributed by atoms with E-state index in [1.165, 1.54) is 39.0 Å². The van der Waals surface area contributed by atoms with Crippen LogP contribution in [0, 0.1) is 13.8 Å². The number of hydrogen-bond donors (Lipinski definition) is 1. The number of nitrogens with one attached hydrogen (secondary N) is 1. The molecule has 172 valence electrons. The average Bonchev–Trinajstić information content (AvgIpc) is 2.87. The van der Waals surface area contributed by atoms with Gasteiger partial charge in [0, 0.05) is 5.69 Å². The molecule has 1 heteroatoms. The van der Waals surface area contributed by atoms with E-state index >= 15 is 0 Å². The van der Waals surface area contributed by atoms with E-state index in [-0.39, 0.29) is 5.54 Å². The first-order valence-corrected chi connectivity index (χ1v) is 12.3. The summed E-state index contributed by atoms with van der Waals surface area (Å²) < 4.78 is 0. The first kappa shape index (κ1) is 23.6. The molecule has 0 fully saturated rings. The number of hydrogen-bond acceptors (Lipinski definition) is 1. The summed E-state index contributed by atoms with van der Waals surface area (Å²) in [6.07, 6.45) is 4.36. The molecule has 0 amide bonds. The maximum atomic E-state index is 3.82. The van der Waals surface area contributed by atoms with Crippen molar-refractivity contribution < 1.29 is 0 Å². The molecule has 0 saturated heterocycles. The van der Waals surface area contributed by atoms with Gasteiger partial charge in [0.15, 0.2) is 0 Å². The maximum Gasteiger partial charge on any atom is 0.0620 e. The highest BCUT2D eigenvalue weighted by Gasteiger charge is 2.28. The van der Waals surface area contributed by atoms with Crippen LogP contribution in [0.1, 0.15) is 60.1 Å². The summed E-state index contributed by atoms with van der Waals surface area (Å²) in [5.74, 6) is 0. The van der Waals surface area contributed by atoms with Crippen LogP contribution in [0.5, 0.6) is 0 Å². The molecular formula is C33H35N. The molecule has 0 aliphatic rings. The largest absolute Gasteiger partial charge is 0.376 e. The Bertz CT molecular complexity index is 1210. The van der Waals surface area contributed by atoms with E-state index in [1.54, 1.807) is 0 Å². The Morgan fingerprint density at radius 3 is 1.79 bits per heavy atom. The third kappa shape index (κ3) is 5.31. The van der Waals surface area contributed by atoms with Crippen LogP contribution in [0.3, 0.4) is 0 Å². The Labute approximate surface area is 205 Å². The number of aryl methyl sites for hydroxylation is 2. The summed E-state index contributed by atoms with van der Waals surface area (Å²) in [6.45, 7) is 8.87. The Hall–Kier alpha value is -3.58. The summed E-state index contributed by atoms with van der Waals surface area (Å²) in [4.78, 5) is 0. The molecule has 1 nitrogen and oxygen atoms in total. The Balaban J connectivity index is 1.72. The minimum absolute atomic E-state index is 0.0838. The highest BCUT2D eigenvalue weighted by molar-refractivity contribution is 5.91. The molecule has 0 aliphatic carbocycles. The van der Waals surface area contributed by atoms with Gasteiger partial charge in [0.2, 0.25) is 0 Å². The molecule has 0 unspecified atom stereocenters. The van der Waals surface area contributed by atoms with Crippen LogP contribution in [0.25, 0.3) is 11.6 Å². The van der Waals surface area contributed by atoms with E-state index in [2.05, 4.69) is 142 Å². The van der Waals surface area contributed by atoms with Crippen molar-refractivity contribution in [2.24, 2.45) is 0 Å². The first-order chi connectivity index (χ1) is 16.5. The lowest BCUT2D eigenvalue weighted by molar-refractivity contribution is 0.455. The van der Waals surface area contributed by atoms with Crippen LogP contribution in [0.4, 0.5) is 5.69 Å². The Morgan fingerprint density at radius 2 is 1.24 bits per heavy atom. The van der Waals surface area contributed by atoms with Gasteiger partial charge in [-0.05, 0) is 72.7 Å². The summed E-state index contributed by atoms with van der Waals surface area (Å²) in [7, 11) is 0. The van der Waals surface area contributed by atoms with Gasteiger partial charge in [-0.1, -0.05) is 116 Å². The molecule has 34 heavy (non-hydrogen) atoms. The van der Waals surface area contributed by atoms with Gasteiger partial charge in [-0.3, -0.25) is 0 Å². The van der Waals surface area contributed by atoms with Crippen LogP contribution < -0.4 is 5.32 Å². The zero-order valence-corrected chi connectivity index (χ0v) is 20.8. The van der Waals surface area contributed by atoms with E-state index in [0.29, 0.717) is 0 Å². The summed E-state index contributed by atoms with van der Waals surface area (Å²) in [5, 5.41) is 3.82. The normalized spacial score (nSPS) is 11.9. The lowest BCUT2D eigenvalue weighted by atomic mass is 9.83. The fourth-order valence-corrected chi connectivity index (χ4v) is 4.85. The summed E-state index contributed by atoms with van der Waals surface area (Å²) in [6, 6.07) is 37.1. The third-order valence-electron chi connectivity index (χ3n) is 6.76. The minimum atomic E-state index is -0.0838. The van der Waals surface area contributed by atoms with Crippen molar-refractivity contribution in [2.75, 3.05) is 5.32 Å². The third-order valence-corrected chi connectivity index (χ3v) is 6.76. The van der Waals surface area contributed by atoms with E-state index in [0.717, 1.165) is 18.5 Å². The number of benzene rings is 4. The molecule has 0 saturated carbocycles. The number of para-hydroxylation sites is 1. The van der Waals surface area contributed by atoms with E-state index in [1.807, 2.05) is 0 Å². The van der Waals surface area contributed by atoms with Crippen molar-refractivity contribution in [1.82, 2.24) is 0 Å². The van der Waals surface area contributed by atoms with E-state index < -0.39 is 0 Å². The molecule has 4 rings (SSSR count). The van der Waals surface area contributed by atoms with Crippen molar-refractivity contribution in [3.8, 4) is 0 Å². The van der Waals surface area contributed by atoms with Crippen LogP contribution in [-0.2, 0) is 5.54 Å². The van der Waals surface area contributed by atoms with Crippen LogP contribution in [-0.4, -0.2) is 0 Å². The molecule has 0 aliphatic heterocycles. The van der Waals surface area contributed by atoms with E-state index in [9.17, 15) is 0 Å². The Kier molecular flexibility index (Phi) is 7.33. The van der Waals surface area contributed by atoms with Crippen molar-refractivity contribution in [3.05, 3.63) is 137 Å². The predicted octanol–water partition coefficient (Wildman–Crippen LogP) is 9.02. The summed E-state index contributed by atoms with van der Waals surface area (Å²) >= 11 is 0. The maximum absolute atomic E-state index is 3.82. The second kappa shape index (κ2) is 10.6. The molecule has 0 spiro atoms.